The van der Waals surface area contributed by atoms with Gasteiger partial charge in [-0.2, -0.15) is 0 Å². The van der Waals surface area contributed by atoms with Gasteiger partial charge in [0.15, 0.2) is 0 Å². The minimum Gasteiger partial charge on any atom is -0.492 e. The quantitative estimate of drug-likeness (QED) is 0.597. The van der Waals surface area contributed by atoms with Gasteiger partial charge >= 0.3 is 0 Å². The Labute approximate surface area is 123 Å². The number of nitrogens with zero attached hydrogens (tertiary/aromatic N) is 1. The van der Waals surface area contributed by atoms with Crippen molar-refractivity contribution in [3.63, 3.8) is 0 Å². The first-order valence-corrected chi connectivity index (χ1v) is 8.51. The monoisotopic (exact) mass is 319 g/mol. The van der Waals surface area contributed by atoms with Gasteiger partial charge in [0.1, 0.15) is 10.6 Å². The number of carbonyl (C=O) groups is 1. The zero-order chi connectivity index (χ0) is 15.3. The summed E-state index contributed by atoms with van der Waals surface area (Å²) in [6.45, 7) is 2.40. The summed E-state index contributed by atoms with van der Waals surface area (Å²) in [5, 5.41) is 0. The predicted molar refractivity (Wildman–Crippen MR) is 77.9 cm³/mol. The minimum atomic E-state index is -3.98. The lowest BCUT2D eigenvalue weighted by atomic mass is 10.2. The first-order chi connectivity index (χ1) is 9.27. The fourth-order valence-corrected chi connectivity index (χ4v) is 2.53. The van der Waals surface area contributed by atoms with Crippen LogP contribution in [0.5, 0.6) is 5.75 Å². The lowest BCUT2D eigenvalue weighted by Gasteiger charge is -2.13. The van der Waals surface area contributed by atoms with Crippen molar-refractivity contribution in [2.45, 2.75) is 24.7 Å². The fraction of sp³-hybridized carbons (Fsp3) is 0.462. The van der Waals surface area contributed by atoms with Crippen LogP contribution in [0, 0.1) is 0 Å². The fourth-order valence-electron chi connectivity index (χ4n) is 1.54. The summed E-state index contributed by atoms with van der Waals surface area (Å²) in [4.78, 5) is 13.0. The molecule has 0 N–H and O–H groups in total. The van der Waals surface area contributed by atoms with E-state index in [1.807, 2.05) is 6.92 Å². The molecule has 112 valence electrons. The van der Waals surface area contributed by atoms with E-state index in [2.05, 4.69) is 0 Å². The molecule has 1 aromatic rings. The van der Waals surface area contributed by atoms with Crippen LogP contribution in [0.25, 0.3) is 0 Å². The van der Waals surface area contributed by atoms with Crippen molar-refractivity contribution in [3.8, 4) is 5.75 Å². The Bertz CT molecular complexity index is 584. The van der Waals surface area contributed by atoms with Gasteiger partial charge in [0.05, 0.1) is 6.61 Å². The van der Waals surface area contributed by atoms with Crippen LogP contribution in [0.2, 0.25) is 0 Å². The molecular weight excluding hydrogens is 302 g/mol. The number of carbonyl (C=O) groups excluding carboxylic acids is 1. The molecule has 20 heavy (non-hydrogen) atoms. The van der Waals surface area contributed by atoms with E-state index in [1.165, 1.54) is 23.1 Å². The van der Waals surface area contributed by atoms with E-state index in [-0.39, 0.29) is 22.1 Å². The van der Waals surface area contributed by atoms with Crippen molar-refractivity contribution in [2.75, 3.05) is 20.7 Å². The first kappa shape index (κ1) is 16.8. The molecule has 0 saturated heterocycles. The van der Waals surface area contributed by atoms with E-state index < -0.39 is 9.05 Å². The highest BCUT2D eigenvalue weighted by Gasteiger charge is 2.20. The van der Waals surface area contributed by atoms with Crippen LogP contribution in [0.3, 0.4) is 0 Å². The van der Waals surface area contributed by atoms with Crippen LogP contribution in [-0.4, -0.2) is 39.9 Å². The molecule has 1 aromatic carbocycles. The number of amides is 1. The number of halogens is 1. The van der Waals surface area contributed by atoms with Gasteiger partial charge < -0.3 is 9.64 Å². The van der Waals surface area contributed by atoms with Crippen LogP contribution in [0.4, 0.5) is 0 Å². The number of unbranched alkanes of at least 4 members (excludes halogenated alkanes) is 1. The Kier molecular flexibility index (Phi) is 5.83. The number of ether oxygens (including phenoxy) is 1. The Hall–Kier alpha value is -1.27. The van der Waals surface area contributed by atoms with Gasteiger partial charge in [0.25, 0.3) is 15.0 Å². The van der Waals surface area contributed by atoms with Gasteiger partial charge in [-0.3, -0.25) is 4.79 Å². The van der Waals surface area contributed by atoms with Crippen molar-refractivity contribution in [1.82, 2.24) is 4.90 Å². The van der Waals surface area contributed by atoms with E-state index in [0.29, 0.717) is 6.61 Å². The Morgan fingerprint density at radius 3 is 2.50 bits per heavy atom. The van der Waals surface area contributed by atoms with Crippen LogP contribution in [-0.2, 0) is 9.05 Å². The average molecular weight is 320 g/mol. The average Bonchev–Trinajstić information content (AvgIpc) is 2.37. The summed E-state index contributed by atoms with van der Waals surface area (Å²) in [6.07, 6.45) is 1.74. The molecule has 0 aliphatic heterocycles. The largest absolute Gasteiger partial charge is 0.492 e. The van der Waals surface area contributed by atoms with Crippen molar-refractivity contribution in [2.24, 2.45) is 0 Å². The molecule has 0 bridgehead atoms. The molecule has 0 spiro atoms. The molecule has 5 nitrogen and oxygen atoms in total. The molecule has 0 unspecified atom stereocenters. The second-order valence-corrected chi connectivity index (χ2v) is 7.04. The third kappa shape index (κ3) is 4.38. The lowest BCUT2D eigenvalue weighted by molar-refractivity contribution is 0.0827. The summed E-state index contributed by atoms with van der Waals surface area (Å²) >= 11 is 0. The molecule has 0 aliphatic rings. The molecule has 0 fully saturated rings. The maximum Gasteiger partial charge on any atom is 0.265 e. The molecule has 7 heteroatoms. The first-order valence-electron chi connectivity index (χ1n) is 6.20. The van der Waals surface area contributed by atoms with Crippen molar-refractivity contribution in [1.29, 1.82) is 0 Å². The second-order valence-electron chi connectivity index (χ2n) is 4.50. The van der Waals surface area contributed by atoms with Gasteiger partial charge in [-0.15, -0.1) is 0 Å². The van der Waals surface area contributed by atoms with E-state index in [4.69, 9.17) is 15.4 Å². The topological polar surface area (TPSA) is 63.7 Å². The summed E-state index contributed by atoms with van der Waals surface area (Å²) in [5.74, 6) is -0.129. The van der Waals surface area contributed by atoms with E-state index >= 15 is 0 Å². The van der Waals surface area contributed by atoms with Gasteiger partial charge in [0, 0.05) is 30.3 Å². The molecule has 0 aromatic heterocycles. The standard InChI is InChI=1S/C13H18ClNO4S/c1-4-5-8-19-11-7-6-10(13(16)15(2)3)9-12(11)20(14,17)18/h6-7,9H,4-5,8H2,1-3H3. The summed E-state index contributed by atoms with van der Waals surface area (Å²) in [5.41, 5.74) is 0.247. The number of hydrogen-bond acceptors (Lipinski definition) is 4. The van der Waals surface area contributed by atoms with Crippen LogP contribution >= 0.6 is 10.7 Å². The summed E-state index contributed by atoms with van der Waals surface area (Å²) in [7, 11) is 4.60. The lowest BCUT2D eigenvalue weighted by Crippen LogP contribution is -2.21. The molecule has 0 radical (unpaired) electrons. The van der Waals surface area contributed by atoms with Crippen molar-refractivity contribution >= 4 is 25.6 Å². The van der Waals surface area contributed by atoms with E-state index in [0.717, 1.165) is 12.8 Å². The minimum absolute atomic E-state index is 0.170. The number of hydrogen-bond donors (Lipinski definition) is 0. The summed E-state index contributed by atoms with van der Waals surface area (Å²) in [6, 6.07) is 4.22. The SMILES string of the molecule is CCCCOc1ccc(C(=O)N(C)C)cc1S(=O)(=O)Cl. The van der Waals surface area contributed by atoms with Gasteiger partial charge in [-0.25, -0.2) is 8.42 Å². The molecule has 0 heterocycles. The van der Waals surface area contributed by atoms with Crippen LogP contribution in [0.1, 0.15) is 30.1 Å². The zero-order valence-electron chi connectivity index (χ0n) is 11.7. The van der Waals surface area contributed by atoms with Crippen molar-refractivity contribution < 1.29 is 17.9 Å². The van der Waals surface area contributed by atoms with Gasteiger partial charge in [0.2, 0.25) is 0 Å². The van der Waals surface area contributed by atoms with E-state index in [1.54, 1.807) is 14.1 Å². The third-order valence-corrected chi connectivity index (χ3v) is 3.96. The normalized spacial score (nSPS) is 11.2. The molecule has 0 atom stereocenters. The number of benzene rings is 1. The van der Waals surface area contributed by atoms with Gasteiger partial charge in [-0.1, -0.05) is 13.3 Å². The maximum absolute atomic E-state index is 11.8. The zero-order valence-corrected chi connectivity index (χ0v) is 13.3. The van der Waals surface area contributed by atoms with Crippen LogP contribution in [0.15, 0.2) is 23.1 Å². The Morgan fingerprint density at radius 2 is 2.00 bits per heavy atom. The highest BCUT2D eigenvalue weighted by molar-refractivity contribution is 8.13. The van der Waals surface area contributed by atoms with Gasteiger partial charge in [-0.05, 0) is 24.6 Å². The number of rotatable bonds is 6. The molecule has 0 saturated carbocycles. The maximum atomic E-state index is 11.8. The smallest absolute Gasteiger partial charge is 0.265 e. The molecule has 0 aliphatic carbocycles. The Morgan fingerprint density at radius 1 is 1.35 bits per heavy atom. The molecular formula is C13H18ClNO4S. The van der Waals surface area contributed by atoms with Crippen molar-refractivity contribution in [3.05, 3.63) is 23.8 Å². The molecule has 1 rings (SSSR count). The summed E-state index contributed by atoms with van der Waals surface area (Å²) < 4.78 is 28.6. The highest BCUT2D eigenvalue weighted by Crippen LogP contribution is 2.28. The second kappa shape index (κ2) is 6.95. The molecule has 1 amide bonds. The van der Waals surface area contributed by atoms with Crippen LogP contribution < -0.4 is 4.74 Å². The van der Waals surface area contributed by atoms with E-state index in [9.17, 15) is 13.2 Å². The highest BCUT2D eigenvalue weighted by atomic mass is 35.7. The third-order valence-electron chi connectivity index (χ3n) is 2.61. The Balaban J connectivity index is 3.17. The predicted octanol–water partition coefficient (Wildman–Crippen LogP) is 2.49.